The van der Waals surface area contributed by atoms with Gasteiger partial charge >= 0.3 is 0 Å². The molecule has 2 aromatic carbocycles. The fourth-order valence-corrected chi connectivity index (χ4v) is 2.70. The molecule has 1 heterocycles. The maximum Gasteiger partial charge on any atom is 0.0837 e. The summed E-state index contributed by atoms with van der Waals surface area (Å²) in [5.41, 5.74) is 3.82. The molecule has 21 heavy (non-hydrogen) atoms. The summed E-state index contributed by atoms with van der Waals surface area (Å²) >= 11 is 5.89. The van der Waals surface area contributed by atoms with Gasteiger partial charge in [0.2, 0.25) is 0 Å². The molecule has 3 heteroatoms. The number of pyridine rings is 1. The number of nitrogens with zero attached hydrogens (tertiary/aromatic N) is 1. The summed E-state index contributed by atoms with van der Waals surface area (Å²) in [5, 5.41) is 12.3. The molecule has 0 amide bonds. The number of hydrogen-bond donors (Lipinski definition) is 1. The first-order valence-electron chi connectivity index (χ1n) is 6.92. The molecule has 0 radical (unpaired) electrons. The normalized spacial score (nSPS) is 12.5. The van der Waals surface area contributed by atoms with E-state index in [4.69, 9.17) is 11.6 Å². The SMILES string of the molecule is Cc1cc(C(O)Cc2ccc(Cl)cc2)c2ccccc2n1. The standard InChI is InChI=1S/C18H16ClNO/c1-12-10-16(15-4-2-3-5-17(15)20-12)18(21)11-13-6-8-14(19)9-7-13/h2-10,18,21H,11H2,1H3. The summed E-state index contributed by atoms with van der Waals surface area (Å²) in [5.74, 6) is 0. The highest BCUT2D eigenvalue weighted by atomic mass is 35.5. The van der Waals surface area contributed by atoms with Crippen molar-refractivity contribution in [1.29, 1.82) is 0 Å². The molecular formula is C18H16ClNO. The van der Waals surface area contributed by atoms with E-state index in [1.54, 1.807) is 0 Å². The molecule has 0 bridgehead atoms. The van der Waals surface area contributed by atoms with Gasteiger partial charge in [-0.15, -0.1) is 0 Å². The minimum atomic E-state index is -0.558. The van der Waals surface area contributed by atoms with Crippen molar-refractivity contribution >= 4 is 22.5 Å². The van der Waals surface area contributed by atoms with Crippen LogP contribution in [0.3, 0.4) is 0 Å². The van der Waals surface area contributed by atoms with Crippen molar-refractivity contribution in [2.75, 3.05) is 0 Å². The molecule has 3 rings (SSSR count). The highest BCUT2D eigenvalue weighted by Gasteiger charge is 2.13. The molecule has 0 saturated carbocycles. The molecule has 0 saturated heterocycles. The summed E-state index contributed by atoms with van der Waals surface area (Å²) in [6.07, 6.45) is 0.00252. The number of aliphatic hydroxyl groups excluding tert-OH is 1. The lowest BCUT2D eigenvalue weighted by Gasteiger charge is -2.14. The Balaban J connectivity index is 1.97. The van der Waals surface area contributed by atoms with Crippen LogP contribution in [0.4, 0.5) is 0 Å². The van der Waals surface area contributed by atoms with Gasteiger partial charge in [-0.3, -0.25) is 4.98 Å². The number of rotatable bonds is 3. The fraction of sp³-hybridized carbons (Fsp3) is 0.167. The maximum atomic E-state index is 10.6. The van der Waals surface area contributed by atoms with Crippen LogP contribution in [0, 0.1) is 6.92 Å². The molecule has 3 aromatic rings. The van der Waals surface area contributed by atoms with Crippen molar-refractivity contribution in [2.24, 2.45) is 0 Å². The monoisotopic (exact) mass is 297 g/mol. The van der Waals surface area contributed by atoms with Gasteiger partial charge in [-0.25, -0.2) is 0 Å². The zero-order chi connectivity index (χ0) is 14.8. The van der Waals surface area contributed by atoms with Crippen LogP contribution in [0.15, 0.2) is 54.6 Å². The van der Waals surface area contributed by atoms with E-state index in [1.807, 2.05) is 61.5 Å². The Hall–Kier alpha value is -1.90. The van der Waals surface area contributed by atoms with Crippen LogP contribution in [-0.2, 0) is 6.42 Å². The Bertz CT molecular complexity index is 768. The Morgan fingerprint density at radius 3 is 2.57 bits per heavy atom. The minimum Gasteiger partial charge on any atom is -0.388 e. The zero-order valence-electron chi connectivity index (χ0n) is 11.8. The van der Waals surface area contributed by atoms with E-state index in [9.17, 15) is 5.11 Å². The molecule has 106 valence electrons. The number of hydrogen-bond acceptors (Lipinski definition) is 2. The second-order valence-corrected chi connectivity index (χ2v) is 5.65. The van der Waals surface area contributed by atoms with Gasteiger partial charge in [-0.2, -0.15) is 0 Å². The molecule has 0 spiro atoms. The first-order chi connectivity index (χ1) is 10.1. The molecule has 1 atom stereocenters. The summed E-state index contributed by atoms with van der Waals surface area (Å²) < 4.78 is 0. The number of aryl methyl sites for hydroxylation is 1. The summed E-state index contributed by atoms with van der Waals surface area (Å²) in [7, 11) is 0. The average molecular weight is 298 g/mol. The average Bonchev–Trinajstić information content (AvgIpc) is 2.48. The second-order valence-electron chi connectivity index (χ2n) is 5.22. The summed E-state index contributed by atoms with van der Waals surface area (Å²) in [4.78, 5) is 4.51. The van der Waals surface area contributed by atoms with Crippen LogP contribution in [0.1, 0.15) is 22.9 Å². The van der Waals surface area contributed by atoms with Gasteiger partial charge in [0.15, 0.2) is 0 Å². The van der Waals surface area contributed by atoms with Crippen molar-refractivity contribution < 1.29 is 5.11 Å². The molecule has 0 aliphatic heterocycles. The predicted octanol–water partition coefficient (Wildman–Crippen LogP) is 4.47. The topological polar surface area (TPSA) is 33.1 Å². The van der Waals surface area contributed by atoms with E-state index in [2.05, 4.69) is 4.98 Å². The Morgan fingerprint density at radius 1 is 1.10 bits per heavy atom. The van der Waals surface area contributed by atoms with Crippen LogP contribution in [0.25, 0.3) is 10.9 Å². The quantitative estimate of drug-likeness (QED) is 0.773. The van der Waals surface area contributed by atoms with Crippen LogP contribution in [0.5, 0.6) is 0 Å². The van der Waals surface area contributed by atoms with E-state index in [1.165, 1.54) is 0 Å². The molecule has 0 aliphatic rings. The van der Waals surface area contributed by atoms with Crippen LogP contribution >= 0.6 is 11.6 Å². The van der Waals surface area contributed by atoms with Crippen molar-refractivity contribution in [3.05, 3.63) is 76.4 Å². The first-order valence-corrected chi connectivity index (χ1v) is 7.30. The number of fused-ring (bicyclic) bond motifs is 1. The number of halogens is 1. The van der Waals surface area contributed by atoms with Crippen molar-refractivity contribution in [3.8, 4) is 0 Å². The number of aromatic nitrogens is 1. The fourth-order valence-electron chi connectivity index (χ4n) is 2.57. The largest absolute Gasteiger partial charge is 0.388 e. The van der Waals surface area contributed by atoms with E-state index >= 15 is 0 Å². The lowest BCUT2D eigenvalue weighted by molar-refractivity contribution is 0.180. The van der Waals surface area contributed by atoms with Gasteiger partial charge in [0.05, 0.1) is 11.6 Å². The van der Waals surface area contributed by atoms with Gasteiger partial charge in [-0.05, 0) is 42.3 Å². The van der Waals surface area contributed by atoms with Crippen molar-refractivity contribution in [1.82, 2.24) is 4.98 Å². The highest BCUT2D eigenvalue weighted by Crippen LogP contribution is 2.27. The van der Waals surface area contributed by atoms with E-state index < -0.39 is 6.10 Å². The summed E-state index contributed by atoms with van der Waals surface area (Å²) in [6.45, 7) is 1.95. The van der Waals surface area contributed by atoms with Gasteiger partial charge in [0.1, 0.15) is 0 Å². The Morgan fingerprint density at radius 2 is 1.81 bits per heavy atom. The molecule has 0 aliphatic carbocycles. The maximum absolute atomic E-state index is 10.6. The second kappa shape index (κ2) is 5.84. The Labute approximate surface area is 129 Å². The number of aliphatic hydroxyl groups is 1. The van der Waals surface area contributed by atoms with Gasteiger partial charge in [0.25, 0.3) is 0 Å². The molecule has 1 unspecified atom stereocenters. The van der Waals surface area contributed by atoms with Crippen molar-refractivity contribution in [2.45, 2.75) is 19.4 Å². The third-order valence-electron chi connectivity index (χ3n) is 3.58. The van der Waals surface area contributed by atoms with Crippen LogP contribution in [-0.4, -0.2) is 10.1 Å². The molecule has 1 aromatic heterocycles. The zero-order valence-corrected chi connectivity index (χ0v) is 12.5. The molecule has 2 nitrogen and oxygen atoms in total. The lowest BCUT2D eigenvalue weighted by atomic mass is 9.97. The molecule has 0 fully saturated rings. The number of benzene rings is 2. The first kappa shape index (κ1) is 14.1. The molecular weight excluding hydrogens is 282 g/mol. The van der Waals surface area contributed by atoms with Crippen LogP contribution in [0.2, 0.25) is 5.02 Å². The van der Waals surface area contributed by atoms with Crippen LogP contribution < -0.4 is 0 Å². The van der Waals surface area contributed by atoms with E-state index in [-0.39, 0.29) is 0 Å². The van der Waals surface area contributed by atoms with E-state index in [0.29, 0.717) is 11.4 Å². The van der Waals surface area contributed by atoms with Gasteiger partial charge in [0, 0.05) is 22.5 Å². The third kappa shape index (κ3) is 3.07. The molecule has 1 N–H and O–H groups in total. The smallest absolute Gasteiger partial charge is 0.0837 e. The number of para-hydroxylation sites is 1. The van der Waals surface area contributed by atoms with Crippen molar-refractivity contribution in [3.63, 3.8) is 0 Å². The highest BCUT2D eigenvalue weighted by molar-refractivity contribution is 6.30. The predicted molar refractivity (Wildman–Crippen MR) is 86.6 cm³/mol. The Kier molecular flexibility index (Phi) is 3.91. The van der Waals surface area contributed by atoms with Gasteiger partial charge < -0.3 is 5.11 Å². The summed E-state index contributed by atoms with van der Waals surface area (Å²) in [6, 6.07) is 17.5. The minimum absolute atomic E-state index is 0.558. The third-order valence-corrected chi connectivity index (χ3v) is 3.83. The lowest BCUT2D eigenvalue weighted by Crippen LogP contribution is -2.04. The van der Waals surface area contributed by atoms with Gasteiger partial charge in [-0.1, -0.05) is 41.9 Å². The van der Waals surface area contributed by atoms with E-state index in [0.717, 1.165) is 27.7 Å².